The van der Waals surface area contributed by atoms with Crippen LogP contribution in [0.3, 0.4) is 0 Å². The molecule has 2 unspecified atom stereocenters. The molecule has 2 heterocycles. The Balaban J connectivity index is 1.98. The highest BCUT2D eigenvalue weighted by Gasteiger charge is 2.48. The molecule has 0 saturated carbocycles. The van der Waals surface area contributed by atoms with Crippen molar-refractivity contribution in [1.29, 1.82) is 5.41 Å². The minimum atomic E-state index is -4.47. The number of hydrogen-bond donors (Lipinski definition) is 1. The summed E-state index contributed by atoms with van der Waals surface area (Å²) in [4.78, 5) is 1.40. The average molecular weight is 336 g/mol. The molecule has 0 aromatic heterocycles. The van der Waals surface area contributed by atoms with Gasteiger partial charge in [0.1, 0.15) is 0 Å². The van der Waals surface area contributed by atoms with Gasteiger partial charge in [-0.3, -0.25) is 5.41 Å². The maximum Gasteiger partial charge on any atom is 0.416 e. The first-order valence-corrected chi connectivity index (χ1v) is 8.80. The van der Waals surface area contributed by atoms with E-state index in [-0.39, 0.29) is 27.6 Å². The lowest BCUT2D eigenvalue weighted by molar-refractivity contribution is -0.137. The molecule has 1 N–H and O–H groups in total. The summed E-state index contributed by atoms with van der Waals surface area (Å²) in [6.45, 7) is 0. The standard InChI is InChI=1S/C12H11F3N2O2S2/c13-12(14,15)7-2-1-3-8(4-7)17-9-5-21(18,19)6-10(9)20-11(17)16/h1-4,9-10,16H,5-6H2. The first kappa shape index (κ1) is 14.7. The Bertz CT molecular complexity index is 703. The summed E-state index contributed by atoms with van der Waals surface area (Å²) in [5.41, 5.74) is -0.589. The molecule has 114 valence electrons. The molecule has 21 heavy (non-hydrogen) atoms. The number of anilines is 1. The van der Waals surface area contributed by atoms with Crippen LogP contribution in [0, 0.1) is 5.41 Å². The molecule has 0 bridgehead atoms. The minimum absolute atomic E-state index is 0.0276. The molecule has 4 nitrogen and oxygen atoms in total. The summed E-state index contributed by atoms with van der Waals surface area (Å²) in [6, 6.07) is 4.20. The van der Waals surface area contributed by atoms with Crippen LogP contribution in [0.1, 0.15) is 5.56 Å². The number of thioether (sulfide) groups is 1. The lowest BCUT2D eigenvalue weighted by Crippen LogP contribution is -2.37. The van der Waals surface area contributed by atoms with E-state index in [1.807, 2.05) is 0 Å². The van der Waals surface area contributed by atoms with Gasteiger partial charge in [0.15, 0.2) is 15.0 Å². The van der Waals surface area contributed by atoms with Crippen molar-refractivity contribution in [2.24, 2.45) is 0 Å². The van der Waals surface area contributed by atoms with Crippen LogP contribution in [0.2, 0.25) is 0 Å². The number of nitrogens with zero attached hydrogens (tertiary/aromatic N) is 1. The minimum Gasteiger partial charge on any atom is -0.316 e. The Kier molecular flexibility index (Phi) is 3.25. The average Bonchev–Trinajstić information content (AvgIpc) is 2.78. The molecule has 9 heteroatoms. The van der Waals surface area contributed by atoms with E-state index in [1.54, 1.807) is 0 Å². The molecule has 2 saturated heterocycles. The Hall–Kier alpha value is -1.22. The van der Waals surface area contributed by atoms with Crippen LogP contribution in [0.25, 0.3) is 0 Å². The molecule has 0 aliphatic carbocycles. The number of halogens is 3. The van der Waals surface area contributed by atoms with Crippen molar-refractivity contribution in [2.45, 2.75) is 17.5 Å². The number of fused-ring (bicyclic) bond motifs is 1. The second-order valence-corrected chi connectivity index (χ2v) is 8.41. The van der Waals surface area contributed by atoms with Gasteiger partial charge in [-0.1, -0.05) is 17.8 Å². The lowest BCUT2D eigenvalue weighted by Gasteiger charge is -2.24. The number of hydrogen-bond acceptors (Lipinski definition) is 4. The van der Waals surface area contributed by atoms with Crippen LogP contribution in [0.4, 0.5) is 18.9 Å². The Morgan fingerprint density at radius 3 is 2.67 bits per heavy atom. The van der Waals surface area contributed by atoms with Crippen LogP contribution >= 0.6 is 11.8 Å². The highest BCUT2D eigenvalue weighted by atomic mass is 32.2. The molecule has 2 atom stereocenters. The summed E-state index contributed by atoms with van der Waals surface area (Å²) in [5.74, 6) is -0.149. The SMILES string of the molecule is N=C1SC2CS(=O)(=O)CC2N1c1cccc(C(F)(F)F)c1. The molecule has 1 aromatic carbocycles. The van der Waals surface area contributed by atoms with Gasteiger partial charge in [0.25, 0.3) is 0 Å². The monoisotopic (exact) mass is 336 g/mol. The van der Waals surface area contributed by atoms with Crippen molar-refractivity contribution < 1.29 is 21.6 Å². The summed E-state index contributed by atoms with van der Waals surface area (Å²) >= 11 is 1.10. The second-order valence-electron chi connectivity index (χ2n) is 5.02. The van der Waals surface area contributed by atoms with Crippen molar-refractivity contribution in [3.8, 4) is 0 Å². The second kappa shape index (κ2) is 4.64. The molecule has 2 fully saturated rings. The van der Waals surface area contributed by atoms with Gasteiger partial charge in [-0.05, 0) is 18.2 Å². The maximum atomic E-state index is 12.8. The van der Waals surface area contributed by atoms with Gasteiger partial charge in [-0.25, -0.2) is 8.42 Å². The van der Waals surface area contributed by atoms with Gasteiger partial charge in [0, 0.05) is 10.9 Å². The fraction of sp³-hybridized carbons (Fsp3) is 0.417. The zero-order valence-corrected chi connectivity index (χ0v) is 12.2. The molecular weight excluding hydrogens is 325 g/mol. The Morgan fingerprint density at radius 2 is 2.00 bits per heavy atom. The lowest BCUT2D eigenvalue weighted by atomic mass is 10.1. The van der Waals surface area contributed by atoms with Crippen LogP contribution in [-0.4, -0.2) is 36.4 Å². The Labute approximate surface area is 123 Å². The molecule has 2 aliphatic heterocycles. The van der Waals surface area contributed by atoms with Crippen molar-refractivity contribution in [3.05, 3.63) is 29.8 Å². The fourth-order valence-corrected chi connectivity index (χ4v) is 6.43. The van der Waals surface area contributed by atoms with Crippen molar-refractivity contribution in [1.82, 2.24) is 0 Å². The third kappa shape index (κ3) is 2.64. The molecular formula is C12H11F3N2O2S2. The van der Waals surface area contributed by atoms with Gasteiger partial charge in [0.2, 0.25) is 0 Å². The van der Waals surface area contributed by atoms with Crippen LogP contribution in [0.15, 0.2) is 24.3 Å². The smallest absolute Gasteiger partial charge is 0.316 e. The Morgan fingerprint density at radius 1 is 1.29 bits per heavy atom. The third-order valence-corrected chi connectivity index (χ3v) is 6.67. The quantitative estimate of drug-likeness (QED) is 0.855. The van der Waals surface area contributed by atoms with Crippen molar-refractivity contribution >= 4 is 32.5 Å². The largest absolute Gasteiger partial charge is 0.416 e. The van der Waals surface area contributed by atoms with Gasteiger partial charge >= 0.3 is 6.18 Å². The molecule has 0 amide bonds. The molecule has 0 spiro atoms. The topological polar surface area (TPSA) is 61.2 Å². The zero-order chi connectivity index (χ0) is 15.4. The molecule has 1 aromatic rings. The number of nitrogens with one attached hydrogen (secondary N) is 1. The van der Waals surface area contributed by atoms with Crippen LogP contribution in [0.5, 0.6) is 0 Å². The first-order valence-electron chi connectivity index (χ1n) is 6.09. The zero-order valence-electron chi connectivity index (χ0n) is 10.6. The van der Waals surface area contributed by atoms with E-state index < -0.39 is 27.6 Å². The van der Waals surface area contributed by atoms with E-state index in [1.165, 1.54) is 17.0 Å². The van der Waals surface area contributed by atoms with Gasteiger partial charge in [-0.15, -0.1) is 0 Å². The predicted octanol–water partition coefficient (Wildman–Crippen LogP) is 2.36. The third-order valence-electron chi connectivity index (χ3n) is 3.54. The highest BCUT2D eigenvalue weighted by molar-refractivity contribution is 8.15. The number of sulfone groups is 1. The highest BCUT2D eigenvalue weighted by Crippen LogP contribution is 2.41. The van der Waals surface area contributed by atoms with E-state index >= 15 is 0 Å². The number of amidine groups is 1. The van der Waals surface area contributed by atoms with E-state index in [0.717, 1.165) is 23.9 Å². The predicted molar refractivity (Wildman–Crippen MR) is 75.5 cm³/mol. The normalized spacial score (nSPS) is 28.0. The summed E-state index contributed by atoms with van der Waals surface area (Å²) in [6.07, 6.45) is -4.47. The first-order chi connectivity index (χ1) is 9.67. The van der Waals surface area contributed by atoms with Crippen LogP contribution < -0.4 is 4.90 Å². The number of rotatable bonds is 1. The molecule has 0 radical (unpaired) electrons. The summed E-state index contributed by atoms with van der Waals surface area (Å²) in [5, 5.41) is 7.73. The van der Waals surface area contributed by atoms with Crippen molar-refractivity contribution in [3.63, 3.8) is 0 Å². The number of benzene rings is 1. The fourth-order valence-electron chi connectivity index (χ4n) is 2.64. The van der Waals surface area contributed by atoms with Gasteiger partial charge in [0.05, 0.1) is 23.1 Å². The van der Waals surface area contributed by atoms with E-state index in [0.29, 0.717) is 0 Å². The van der Waals surface area contributed by atoms with Gasteiger partial charge < -0.3 is 4.90 Å². The molecule has 2 aliphatic rings. The van der Waals surface area contributed by atoms with Crippen LogP contribution in [-0.2, 0) is 16.0 Å². The van der Waals surface area contributed by atoms with E-state index in [9.17, 15) is 21.6 Å². The van der Waals surface area contributed by atoms with E-state index in [2.05, 4.69) is 0 Å². The van der Waals surface area contributed by atoms with Gasteiger partial charge in [-0.2, -0.15) is 13.2 Å². The maximum absolute atomic E-state index is 12.8. The summed E-state index contributed by atoms with van der Waals surface area (Å²) in [7, 11) is -3.19. The molecule has 3 rings (SSSR count). The summed E-state index contributed by atoms with van der Waals surface area (Å²) < 4.78 is 61.6. The van der Waals surface area contributed by atoms with E-state index in [4.69, 9.17) is 5.41 Å². The van der Waals surface area contributed by atoms with Crippen molar-refractivity contribution in [2.75, 3.05) is 16.4 Å². The number of alkyl halides is 3.